The number of aromatic amines is 1. The Hall–Kier alpha value is -2.17. The van der Waals surface area contributed by atoms with Crippen LogP contribution in [0.3, 0.4) is 0 Å². The standard InChI is InChI=1S/C24H30AsN5O/c31-23-19-7-2-4-9-21(19)27-24(28-23)25-12-5-13-29-14-16-30(17-15-29)22-11-10-18-6-1-3-8-20(18)26-22/h1,3,6,8,10-11,25H,2,4-5,7,9,12-17H2,(H,27,28,31). The second kappa shape index (κ2) is 9.54. The summed E-state index contributed by atoms with van der Waals surface area (Å²) in [6.45, 7) is 5.37. The fourth-order valence-corrected chi connectivity index (χ4v) is 6.70. The second-order valence-corrected chi connectivity index (χ2v) is 11.3. The third kappa shape index (κ3) is 4.86. The molecule has 3 heterocycles. The van der Waals surface area contributed by atoms with Gasteiger partial charge in [0, 0.05) is 0 Å². The van der Waals surface area contributed by atoms with Gasteiger partial charge >= 0.3 is 184 Å². The van der Waals surface area contributed by atoms with Crippen LogP contribution in [-0.4, -0.2) is 68.3 Å². The van der Waals surface area contributed by atoms with E-state index in [-0.39, 0.29) is 21.3 Å². The minimum atomic E-state index is -0.360. The number of benzene rings is 1. The van der Waals surface area contributed by atoms with Crippen molar-refractivity contribution in [3.8, 4) is 0 Å². The van der Waals surface area contributed by atoms with Crippen molar-refractivity contribution < 1.29 is 0 Å². The summed E-state index contributed by atoms with van der Waals surface area (Å²) in [7, 11) is 0. The van der Waals surface area contributed by atoms with Crippen LogP contribution in [-0.2, 0) is 12.8 Å². The monoisotopic (exact) mass is 479 g/mol. The number of fused-ring (bicyclic) bond motifs is 2. The molecule has 1 aliphatic carbocycles. The van der Waals surface area contributed by atoms with E-state index in [2.05, 4.69) is 51.2 Å². The molecule has 0 amide bonds. The molecule has 1 saturated heterocycles. The van der Waals surface area contributed by atoms with Crippen LogP contribution in [0.4, 0.5) is 5.82 Å². The van der Waals surface area contributed by atoms with Crippen LogP contribution in [0, 0.1) is 0 Å². The number of para-hydroxylation sites is 1. The fraction of sp³-hybridized carbons (Fsp3) is 0.458. The summed E-state index contributed by atoms with van der Waals surface area (Å²) in [5.41, 5.74) is 3.22. The van der Waals surface area contributed by atoms with Crippen molar-refractivity contribution in [2.45, 2.75) is 37.3 Å². The zero-order valence-electron chi connectivity index (χ0n) is 17.9. The van der Waals surface area contributed by atoms with E-state index < -0.39 is 0 Å². The molecule has 31 heavy (non-hydrogen) atoms. The van der Waals surface area contributed by atoms with E-state index in [1.54, 1.807) is 0 Å². The van der Waals surface area contributed by atoms with Crippen LogP contribution in [0.5, 0.6) is 0 Å². The van der Waals surface area contributed by atoms with Crippen LogP contribution in [0.2, 0.25) is 5.21 Å². The van der Waals surface area contributed by atoms with Crippen LogP contribution < -0.4 is 15.1 Å². The second-order valence-electron chi connectivity index (χ2n) is 8.52. The van der Waals surface area contributed by atoms with Crippen molar-refractivity contribution in [1.82, 2.24) is 19.9 Å². The summed E-state index contributed by atoms with van der Waals surface area (Å²) < 4.78 is 0.998. The van der Waals surface area contributed by atoms with E-state index in [4.69, 9.17) is 9.97 Å². The zero-order valence-corrected chi connectivity index (χ0v) is 20.0. The van der Waals surface area contributed by atoms with Gasteiger partial charge in [0.2, 0.25) is 0 Å². The molecule has 1 aliphatic heterocycles. The number of anilines is 1. The number of nitrogens with zero attached hydrogens (tertiary/aromatic N) is 4. The summed E-state index contributed by atoms with van der Waals surface area (Å²) in [6, 6.07) is 12.6. The van der Waals surface area contributed by atoms with Gasteiger partial charge < -0.3 is 0 Å². The van der Waals surface area contributed by atoms with Gasteiger partial charge in [0.25, 0.3) is 0 Å². The predicted octanol–water partition coefficient (Wildman–Crippen LogP) is 1.89. The van der Waals surface area contributed by atoms with Crippen molar-refractivity contribution >= 4 is 37.1 Å². The van der Waals surface area contributed by atoms with Gasteiger partial charge in [-0.2, -0.15) is 0 Å². The summed E-state index contributed by atoms with van der Waals surface area (Å²) in [4.78, 5) is 30.0. The first kappa shape index (κ1) is 20.7. The van der Waals surface area contributed by atoms with E-state index in [1.165, 1.54) is 23.4 Å². The third-order valence-electron chi connectivity index (χ3n) is 6.42. The maximum absolute atomic E-state index is 12.3. The molecule has 7 heteroatoms. The topological polar surface area (TPSA) is 65.1 Å². The number of hydrogen-bond donors (Lipinski definition) is 1. The Kier molecular flexibility index (Phi) is 6.37. The molecule has 0 radical (unpaired) electrons. The van der Waals surface area contributed by atoms with E-state index in [9.17, 15) is 4.79 Å². The van der Waals surface area contributed by atoms with Gasteiger partial charge in [-0.1, -0.05) is 6.07 Å². The number of piperazine rings is 1. The van der Waals surface area contributed by atoms with Crippen LogP contribution >= 0.6 is 0 Å². The van der Waals surface area contributed by atoms with Gasteiger partial charge in [-0.15, -0.1) is 0 Å². The van der Waals surface area contributed by atoms with Crippen molar-refractivity contribution in [3.63, 3.8) is 0 Å². The van der Waals surface area contributed by atoms with Gasteiger partial charge in [0.05, 0.1) is 0 Å². The van der Waals surface area contributed by atoms with Crippen molar-refractivity contribution in [2.75, 3.05) is 37.6 Å². The quantitative estimate of drug-likeness (QED) is 0.432. The van der Waals surface area contributed by atoms with Gasteiger partial charge in [0.1, 0.15) is 0 Å². The molecule has 1 atom stereocenters. The molecule has 5 rings (SSSR count). The Morgan fingerprint density at radius 3 is 2.71 bits per heavy atom. The Labute approximate surface area is 189 Å². The molecule has 1 fully saturated rings. The third-order valence-corrected chi connectivity index (χ3v) is 8.88. The van der Waals surface area contributed by atoms with Gasteiger partial charge in [-0.05, 0) is 0 Å². The number of aryl methyl sites for hydroxylation is 1. The first-order valence-electron chi connectivity index (χ1n) is 11.5. The molecule has 3 aromatic rings. The summed E-state index contributed by atoms with van der Waals surface area (Å²) in [5.74, 6) is 1.09. The SMILES string of the molecule is O=c1[nH]c([AsH]CCCN2CCN(c3ccc4ccccc4n3)CC2)nc2c1CCCC2. The molecule has 1 aromatic carbocycles. The van der Waals surface area contributed by atoms with E-state index in [0.717, 1.165) is 79.2 Å². The fourth-order valence-electron chi connectivity index (χ4n) is 4.63. The van der Waals surface area contributed by atoms with Crippen LogP contribution in [0.15, 0.2) is 41.2 Å². The first-order chi connectivity index (χ1) is 15.3. The van der Waals surface area contributed by atoms with E-state index in [0.29, 0.717) is 0 Å². The minimum absolute atomic E-state index is 0.127. The van der Waals surface area contributed by atoms with Crippen LogP contribution in [0.1, 0.15) is 30.5 Å². The van der Waals surface area contributed by atoms with Gasteiger partial charge in [-0.25, -0.2) is 0 Å². The number of pyridine rings is 1. The van der Waals surface area contributed by atoms with Crippen molar-refractivity contribution in [2.24, 2.45) is 0 Å². The van der Waals surface area contributed by atoms with Gasteiger partial charge in [0.15, 0.2) is 0 Å². The summed E-state index contributed by atoms with van der Waals surface area (Å²) in [5, 5.41) is 2.39. The molecular weight excluding hydrogens is 449 g/mol. The number of H-pyrrole nitrogens is 1. The molecule has 0 saturated carbocycles. The summed E-state index contributed by atoms with van der Waals surface area (Å²) in [6.07, 6.45) is 5.36. The molecular formula is C24H30AsN5O. The number of nitrogens with one attached hydrogen (secondary N) is 1. The molecule has 0 bridgehead atoms. The average molecular weight is 479 g/mol. The number of aromatic nitrogens is 3. The van der Waals surface area contributed by atoms with Crippen LogP contribution in [0.25, 0.3) is 10.9 Å². The molecule has 1 unspecified atom stereocenters. The molecule has 2 aliphatic rings. The van der Waals surface area contributed by atoms with E-state index in [1.807, 2.05) is 0 Å². The Morgan fingerprint density at radius 1 is 0.968 bits per heavy atom. The molecule has 162 valence electrons. The first-order valence-corrected chi connectivity index (χ1v) is 14.0. The molecule has 0 spiro atoms. The Morgan fingerprint density at radius 2 is 1.81 bits per heavy atom. The number of hydrogen-bond acceptors (Lipinski definition) is 5. The predicted molar refractivity (Wildman–Crippen MR) is 128 cm³/mol. The zero-order chi connectivity index (χ0) is 21.0. The molecule has 6 nitrogen and oxygen atoms in total. The molecule has 2 aromatic heterocycles. The number of rotatable bonds is 6. The van der Waals surface area contributed by atoms with Crippen molar-refractivity contribution in [1.29, 1.82) is 0 Å². The molecule has 1 N–H and O–H groups in total. The Bertz CT molecular complexity index is 1110. The average Bonchev–Trinajstić information content (AvgIpc) is 2.82. The Balaban J connectivity index is 1.08. The van der Waals surface area contributed by atoms with Gasteiger partial charge in [-0.3, -0.25) is 0 Å². The summed E-state index contributed by atoms with van der Waals surface area (Å²) >= 11 is -0.360. The normalized spacial score (nSPS) is 17.5. The van der Waals surface area contributed by atoms with E-state index >= 15 is 0 Å². The van der Waals surface area contributed by atoms with Crippen molar-refractivity contribution in [3.05, 3.63) is 58.0 Å². The maximum atomic E-state index is 12.3.